The molecule has 0 radical (unpaired) electrons. The van der Waals surface area contributed by atoms with Gasteiger partial charge in [-0.25, -0.2) is 0 Å². The Labute approximate surface area is 68.7 Å². The van der Waals surface area contributed by atoms with Crippen LogP contribution in [0.1, 0.15) is 5.56 Å². The van der Waals surface area contributed by atoms with Crippen LogP contribution in [0.15, 0.2) is 12.3 Å². The van der Waals surface area contributed by atoms with Crippen molar-refractivity contribution >= 4 is 8.32 Å². The molecule has 1 aromatic heterocycles. The van der Waals surface area contributed by atoms with E-state index in [1.54, 1.807) is 0 Å². The number of H-pyrrole nitrogens is 1. The first-order valence-corrected chi connectivity index (χ1v) is 7.23. The zero-order chi connectivity index (χ0) is 8.48. The predicted molar refractivity (Wildman–Crippen MR) is 49.5 cm³/mol. The van der Waals surface area contributed by atoms with Crippen molar-refractivity contribution in [3.05, 3.63) is 17.8 Å². The van der Waals surface area contributed by atoms with Crippen molar-refractivity contribution in [2.75, 3.05) is 0 Å². The predicted octanol–water partition coefficient (Wildman–Crippen LogP) is 2.54. The highest BCUT2D eigenvalue weighted by atomic mass is 28.4. The van der Waals surface area contributed by atoms with E-state index < -0.39 is 8.32 Å². The van der Waals surface area contributed by atoms with Gasteiger partial charge in [-0.2, -0.15) is 0 Å². The summed E-state index contributed by atoms with van der Waals surface area (Å²) in [5.74, 6) is 0.934. The number of aromatic amines is 1. The van der Waals surface area contributed by atoms with Crippen LogP contribution in [0.25, 0.3) is 0 Å². The van der Waals surface area contributed by atoms with Crippen LogP contribution in [0.3, 0.4) is 0 Å². The number of hydrogen-bond acceptors (Lipinski definition) is 1. The zero-order valence-electron chi connectivity index (χ0n) is 7.56. The van der Waals surface area contributed by atoms with Crippen LogP contribution < -0.4 is 4.43 Å². The number of aryl methyl sites for hydroxylation is 1. The lowest BCUT2D eigenvalue weighted by molar-refractivity contribution is 0.534. The summed E-state index contributed by atoms with van der Waals surface area (Å²) in [5.41, 5.74) is 1.19. The molecule has 1 aromatic rings. The van der Waals surface area contributed by atoms with E-state index in [1.807, 2.05) is 19.2 Å². The van der Waals surface area contributed by atoms with Crippen molar-refractivity contribution in [3.8, 4) is 5.88 Å². The van der Waals surface area contributed by atoms with Crippen LogP contribution in [0.5, 0.6) is 5.88 Å². The molecule has 0 unspecified atom stereocenters. The van der Waals surface area contributed by atoms with Gasteiger partial charge >= 0.3 is 0 Å². The average Bonchev–Trinajstić information content (AvgIpc) is 2.12. The maximum absolute atomic E-state index is 5.76. The minimum absolute atomic E-state index is 0.934. The van der Waals surface area contributed by atoms with Gasteiger partial charge in [0.05, 0.1) is 0 Å². The molecule has 0 saturated carbocycles. The molecule has 0 spiro atoms. The van der Waals surface area contributed by atoms with Gasteiger partial charge in [0.2, 0.25) is 8.32 Å². The van der Waals surface area contributed by atoms with Gasteiger partial charge in [-0.1, -0.05) is 0 Å². The summed E-state index contributed by atoms with van der Waals surface area (Å²) in [4.78, 5) is 3.07. The quantitative estimate of drug-likeness (QED) is 0.676. The van der Waals surface area contributed by atoms with Crippen molar-refractivity contribution < 1.29 is 4.43 Å². The van der Waals surface area contributed by atoms with Gasteiger partial charge in [0.15, 0.2) is 5.88 Å². The second-order valence-corrected chi connectivity index (χ2v) is 8.13. The summed E-state index contributed by atoms with van der Waals surface area (Å²) in [7, 11) is -1.42. The molecule has 11 heavy (non-hydrogen) atoms. The summed E-state index contributed by atoms with van der Waals surface area (Å²) in [6.45, 7) is 8.57. The molecule has 1 heterocycles. The minimum atomic E-state index is -1.42. The first kappa shape index (κ1) is 8.39. The highest BCUT2D eigenvalue weighted by Crippen LogP contribution is 2.17. The molecule has 0 bridgehead atoms. The molecular weight excluding hydrogens is 154 g/mol. The Bertz CT molecular complexity index is 236. The Balaban J connectivity index is 2.72. The highest BCUT2D eigenvalue weighted by Gasteiger charge is 2.17. The number of hydrogen-bond donors (Lipinski definition) is 1. The third kappa shape index (κ3) is 2.42. The summed E-state index contributed by atoms with van der Waals surface area (Å²) in [6, 6.07) is 2.02. The van der Waals surface area contributed by atoms with Gasteiger partial charge in [0.25, 0.3) is 0 Å². The Hall–Kier alpha value is -0.703. The fourth-order valence-electron chi connectivity index (χ4n) is 0.848. The Morgan fingerprint density at radius 2 is 2.00 bits per heavy atom. The monoisotopic (exact) mass is 169 g/mol. The molecule has 0 aliphatic rings. The molecule has 0 amide bonds. The van der Waals surface area contributed by atoms with Gasteiger partial charge in [0.1, 0.15) is 0 Å². The summed E-state index contributed by atoms with van der Waals surface area (Å²) < 4.78 is 5.76. The Kier molecular flexibility index (Phi) is 2.09. The van der Waals surface area contributed by atoms with E-state index >= 15 is 0 Å². The van der Waals surface area contributed by atoms with Gasteiger partial charge in [-0.15, -0.1) is 0 Å². The summed E-state index contributed by atoms with van der Waals surface area (Å²) >= 11 is 0. The molecule has 62 valence electrons. The maximum atomic E-state index is 5.76. The highest BCUT2D eigenvalue weighted by molar-refractivity contribution is 6.70. The van der Waals surface area contributed by atoms with Crippen LogP contribution in [0, 0.1) is 6.92 Å². The third-order valence-electron chi connectivity index (χ3n) is 1.31. The van der Waals surface area contributed by atoms with E-state index in [1.165, 1.54) is 5.56 Å². The molecule has 3 heteroatoms. The Morgan fingerprint density at radius 3 is 2.36 bits per heavy atom. The molecule has 1 rings (SSSR count). The van der Waals surface area contributed by atoms with Crippen molar-refractivity contribution in [3.63, 3.8) is 0 Å². The second kappa shape index (κ2) is 2.74. The topological polar surface area (TPSA) is 25.0 Å². The fraction of sp³-hybridized carbons (Fsp3) is 0.500. The first-order valence-electron chi connectivity index (χ1n) is 3.82. The van der Waals surface area contributed by atoms with Crippen molar-refractivity contribution in [1.82, 2.24) is 4.98 Å². The van der Waals surface area contributed by atoms with Gasteiger partial charge in [-0.05, 0) is 32.6 Å². The number of aromatic nitrogens is 1. The van der Waals surface area contributed by atoms with E-state index in [-0.39, 0.29) is 0 Å². The van der Waals surface area contributed by atoms with E-state index in [4.69, 9.17) is 4.43 Å². The van der Waals surface area contributed by atoms with E-state index in [9.17, 15) is 0 Å². The molecule has 0 saturated heterocycles. The third-order valence-corrected chi connectivity index (χ3v) is 2.13. The van der Waals surface area contributed by atoms with Crippen LogP contribution in [0.4, 0.5) is 0 Å². The van der Waals surface area contributed by atoms with Gasteiger partial charge in [0, 0.05) is 11.8 Å². The molecular formula is C8H15NOSi. The van der Waals surface area contributed by atoms with E-state index in [0.29, 0.717) is 0 Å². The average molecular weight is 169 g/mol. The van der Waals surface area contributed by atoms with Crippen LogP contribution >= 0.6 is 0 Å². The van der Waals surface area contributed by atoms with Gasteiger partial charge in [-0.3, -0.25) is 0 Å². The lowest BCUT2D eigenvalue weighted by Crippen LogP contribution is -2.29. The molecule has 0 aliphatic carbocycles. The molecule has 0 aromatic carbocycles. The summed E-state index contributed by atoms with van der Waals surface area (Å²) in [5, 5.41) is 0. The van der Waals surface area contributed by atoms with E-state index in [0.717, 1.165) is 5.88 Å². The maximum Gasteiger partial charge on any atom is 0.244 e. The SMILES string of the molecule is Cc1cc[nH]c1O[Si](C)(C)C. The smallest absolute Gasteiger partial charge is 0.244 e. The fourth-order valence-corrected chi connectivity index (χ4v) is 1.68. The molecule has 0 atom stereocenters. The summed E-state index contributed by atoms with van der Waals surface area (Å²) in [6.07, 6.45) is 1.91. The standard InChI is InChI=1S/C8H15NOSi/c1-7-5-6-9-8(7)10-11(2,3)4/h5-6,9H,1-4H3. The van der Waals surface area contributed by atoms with Crippen molar-refractivity contribution in [2.45, 2.75) is 26.6 Å². The van der Waals surface area contributed by atoms with Gasteiger partial charge < -0.3 is 9.41 Å². The number of rotatable bonds is 2. The zero-order valence-corrected chi connectivity index (χ0v) is 8.56. The first-order chi connectivity index (χ1) is 4.99. The molecule has 0 fully saturated rings. The second-order valence-electron chi connectivity index (χ2n) is 3.70. The van der Waals surface area contributed by atoms with Crippen LogP contribution in [-0.2, 0) is 0 Å². The number of nitrogens with one attached hydrogen (secondary N) is 1. The molecule has 2 nitrogen and oxygen atoms in total. The van der Waals surface area contributed by atoms with Crippen molar-refractivity contribution in [1.29, 1.82) is 0 Å². The van der Waals surface area contributed by atoms with Crippen molar-refractivity contribution in [2.24, 2.45) is 0 Å². The van der Waals surface area contributed by atoms with Crippen LogP contribution in [0.2, 0.25) is 19.6 Å². The van der Waals surface area contributed by atoms with Crippen LogP contribution in [-0.4, -0.2) is 13.3 Å². The minimum Gasteiger partial charge on any atom is -0.533 e. The lowest BCUT2D eigenvalue weighted by atomic mass is 10.4. The van der Waals surface area contributed by atoms with E-state index in [2.05, 4.69) is 24.6 Å². The molecule has 0 aliphatic heterocycles. The normalized spacial score (nSPS) is 11.6. The lowest BCUT2D eigenvalue weighted by Gasteiger charge is -2.18. The Morgan fingerprint density at radius 1 is 1.36 bits per heavy atom. The molecule has 1 N–H and O–H groups in total. The largest absolute Gasteiger partial charge is 0.533 e.